The van der Waals surface area contributed by atoms with Crippen molar-refractivity contribution >= 4 is 11.6 Å². The Kier molecular flexibility index (Phi) is 3.48. The normalized spacial score (nSPS) is 18.1. The highest BCUT2D eigenvalue weighted by Crippen LogP contribution is 2.34. The highest BCUT2D eigenvalue weighted by atomic mass is 35.5. The monoisotopic (exact) mass is 295 g/mol. The summed E-state index contributed by atoms with van der Waals surface area (Å²) >= 11 is 5.76. The van der Waals surface area contributed by atoms with Crippen LogP contribution in [0.2, 0.25) is 5.02 Å². The van der Waals surface area contributed by atoms with Crippen molar-refractivity contribution in [1.82, 2.24) is 10.1 Å². The van der Waals surface area contributed by atoms with Crippen LogP contribution in [0, 0.1) is 5.82 Å². The molecule has 0 radical (unpaired) electrons. The molecule has 20 heavy (non-hydrogen) atoms. The third-order valence-corrected chi connectivity index (χ3v) is 4.09. The van der Waals surface area contributed by atoms with Gasteiger partial charge in [0.25, 0.3) is 5.89 Å². The van der Waals surface area contributed by atoms with E-state index in [1.165, 1.54) is 12.5 Å². The molecule has 2 aromatic rings. The van der Waals surface area contributed by atoms with E-state index in [0.717, 1.165) is 25.7 Å². The second-order valence-corrected chi connectivity index (χ2v) is 5.65. The van der Waals surface area contributed by atoms with E-state index in [2.05, 4.69) is 10.1 Å². The van der Waals surface area contributed by atoms with E-state index in [1.807, 2.05) is 0 Å². The number of halogens is 2. The van der Waals surface area contributed by atoms with Gasteiger partial charge < -0.3 is 10.3 Å². The topological polar surface area (TPSA) is 64.9 Å². The molecular formula is C14H15ClFN3O. The van der Waals surface area contributed by atoms with Crippen molar-refractivity contribution < 1.29 is 8.91 Å². The average molecular weight is 296 g/mol. The van der Waals surface area contributed by atoms with Crippen LogP contribution < -0.4 is 5.73 Å². The van der Waals surface area contributed by atoms with Crippen molar-refractivity contribution in [1.29, 1.82) is 0 Å². The van der Waals surface area contributed by atoms with E-state index < -0.39 is 11.4 Å². The zero-order valence-electron chi connectivity index (χ0n) is 10.9. The number of aromatic nitrogens is 2. The Labute approximate surface area is 121 Å². The van der Waals surface area contributed by atoms with Crippen LogP contribution in [0.15, 0.2) is 22.7 Å². The molecule has 4 nitrogen and oxygen atoms in total. The largest absolute Gasteiger partial charge is 0.334 e. The van der Waals surface area contributed by atoms with E-state index in [-0.39, 0.29) is 16.5 Å². The van der Waals surface area contributed by atoms with Gasteiger partial charge in [-0.15, -0.1) is 0 Å². The molecule has 0 amide bonds. The zero-order chi connectivity index (χ0) is 14.2. The maximum Gasteiger partial charge on any atom is 0.261 e. The summed E-state index contributed by atoms with van der Waals surface area (Å²) in [4.78, 5) is 4.28. The summed E-state index contributed by atoms with van der Waals surface area (Å²) in [5.74, 6) is 0.0149. The first-order chi connectivity index (χ1) is 9.60. The van der Waals surface area contributed by atoms with E-state index >= 15 is 0 Å². The third kappa shape index (κ3) is 2.31. The summed E-state index contributed by atoms with van der Waals surface area (Å²) in [5.41, 5.74) is 5.98. The van der Waals surface area contributed by atoms with Gasteiger partial charge in [-0.2, -0.15) is 4.98 Å². The first-order valence-corrected chi connectivity index (χ1v) is 7.05. The Morgan fingerprint density at radius 2 is 2.00 bits per heavy atom. The molecule has 0 aliphatic heterocycles. The van der Waals surface area contributed by atoms with Gasteiger partial charge in [0, 0.05) is 0 Å². The summed E-state index contributed by atoms with van der Waals surface area (Å²) in [6.45, 7) is 0. The van der Waals surface area contributed by atoms with Gasteiger partial charge in [-0.3, -0.25) is 0 Å². The molecule has 6 heteroatoms. The molecule has 1 aromatic carbocycles. The van der Waals surface area contributed by atoms with Crippen molar-refractivity contribution in [3.8, 4) is 11.5 Å². The molecule has 3 rings (SSSR count). The molecular weight excluding hydrogens is 281 g/mol. The Balaban J connectivity index is 1.96. The van der Waals surface area contributed by atoms with E-state index in [9.17, 15) is 4.39 Å². The van der Waals surface area contributed by atoms with Gasteiger partial charge in [0.2, 0.25) is 0 Å². The molecule has 0 saturated heterocycles. The first-order valence-electron chi connectivity index (χ1n) is 6.68. The number of nitrogens with zero attached hydrogens (tertiary/aromatic N) is 2. The van der Waals surface area contributed by atoms with Gasteiger partial charge in [0.05, 0.1) is 16.1 Å². The SMILES string of the molecule is NC1(c2noc(-c3cccc(Cl)c3F)n2)CCCCC1. The fourth-order valence-corrected chi connectivity index (χ4v) is 2.78. The molecule has 1 heterocycles. The van der Waals surface area contributed by atoms with Crippen molar-refractivity contribution in [3.63, 3.8) is 0 Å². The molecule has 1 aliphatic rings. The molecule has 1 aliphatic carbocycles. The highest BCUT2D eigenvalue weighted by Gasteiger charge is 2.34. The number of rotatable bonds is 2. The summed E-state index contributed by atoms with van der Waals surface area (Å²) < 4.78 is 19.1. The molecule has 0 atom stereocenters. The van der Waals surface area contributed by atoms with Crippen LogP contribution in [0.5, 0.6) is 0 Å². The van der Waals surface area contributed by atoms with Crippen LogP contribution in [-0.4, -0.2) is 10.1 Å². The number of hydrogen-bond acceptors (Lipinski definition) is 4. The molecule has 0 spiro atoms. The van der Waals surface area contributed by atoms with Crippen LogP contribution >= 0.6 is 11.6 Å². The maximum absolute atomic E-state index is 13.9. The lowest BCUT2D eigenvalue weighted by Gasteiger charge is -2.29. The standard InChI is InChI=1S/C14H15ClFN3O/c15-10-6-4-5-9(11(10)16)12-18-13(19-20-12)14(17)7-2-1-3-8-14/h4-6H,1-3,7-8,17H2. The molecule has 0 bridgehead atoms. The van der Waals surface area contributed by atoms with E-state index in [0.29, 0.717) is 5.82 Å². The number of benzene rings is 1. The Morgan fingerprint density at radius 3 is 2.75 bits per heavy atom. The van der Waals surface area contributed by atoms with Gasteiger partial charge in [0.1, 0.15) is 0 Å². The lowest BCUT2D eigenvalue weighted by Crippen LogP contribution is -2.39. The summed E-state index contributed by atoms with van der Waals surface area (Å²) in [6.07, 6.45) is 4.92. The van der Waals surface area contributed by atoms with Crippen LogP contribution in [-0.2, 0) is 5.54 Å². The van der Waals surface area contributed by atoms with Crippen molar-refractivity contribution in [3.05, 3.63) is 34.9 Å². The quantitative estimate of drug-likeness (QED) is 0.918. The molecule has 1 fully saturated rings. The Bertz CT molecular complexity index is 623. The predicted molar refractivity (Wildman–Crippen MR) is 73.7 cm³/mol. The molecule has 2 N–H and O–H groups in total. The fraction of sp³-hybridized carbons (Fsp3) is 0.429. The van der Waals surface area contributed by atoms with Gasteiger partial charge in [-0.1, -0.05) is 42.1 Å². The van der Waals surface area contributed by atoms with Crippen LogP contribution in [0.3, 0.4) is 0 Å². The molecule has 0 unspecified atom stereocenters. The van der Waals surface area contributed by atoms with Crippen LogP contribution in [0.25, 0.3) is 11.5 Å². The van der Waals surface area contributed by atoms with E-state index in [4.69, 9.17) is 21.9 Å². The lowest BCUT2D eigenvalue weighted by atomic mass is 9.82. The van der Waals surface area contributed by atoms with Crippen molar-refractivity contribution in [2.24, 2.45) is 5.73 Å². The van der Waals surface area contributed by atoms with Gasteiger partial charge in [0.15, 0.2) is 11.6 Å². The first kappa shape index (κ1) is 13.5. The van der Waals surface area contributed by atoms with Gasteiger partial charge in [-0.05, 0) is 25.0 Å². The predicted octanol–water partition coefficient (Wildman–Crippen LogP) is 3.65. The highest BCUT2D eigenvalue weighted by molar-refractivity contribution is 6.31. The van der Waals surface area contributed by atoms with Crippen LogP contribution in [0.4, 0.5) is 4.39 Å². The fourth-order valence-electron chi connectivity index (χ4n) is 2.61. The minimum absolute atomic E-state index is 0.0300. The number of hydrogen-bond donors (Lipinski definition) is 1. The van der Waals surface area contributed by atoms with Gasteiger partial charge in [-0.25, -0.2) is 4.39 Å². The summed E-state index contributed by atoms with van der Waals surface area (Å²) in [6, 6.07) is 4.68. The van der Waals surface area contributed by atoms with Crippen molar-refractivity contribution in [2.45, 2.75) is 37.6 Å². The number of nitrogens with two attached hydrogens (primary N) is 1. The smallest absolute Gasteiger partial charge is 0.261 e. The third-order valence-electron chi connectivity index (χ3n) is 3.80. The zero-order valence-corrected chi connectivity index (χ0v) is 11.7. The minimum Gasteiger partial charge on any atom is -0.334 e. The lowest BCUT2D eigenvalue weighted by molar-refractivity contribution is 0.275. The van der Waals surface area contributed by atoms with Gasteiger partial charge >= 0.3 is 0 Å². The van der Waals surface area contributed by atoms with Crippen molar-refractivity contribution in [2.75, 3.05) is 0 Å². The minimum atomic E-state index is -0.560. The summed E-state index contributed by atoms with van der Waals surface area (Å²) in [7, 11) is 0. The Morgan fingerprint density at radius 1 is 1.25 bits per heavy atom. The second kappa shape index (κ2) is 5.14. The molecule has 1 aromatic heterocycles. The van der Waals surface area contributed by atoms with E-state index in [1.54, 1.807) is 12.1 Å². The molecule has 1 saturated carbocycles. The molecule has 106 valence electrons. The summed E-state index contributed by atoms with van der Waals surface area (Å²) in [5, 5.41) is 3.97. The average Bonchev–Trinajstić information content (AvgIpc) is 2.93. The van der Waals surface area contributed by atoms with Crippen LogP contribution in [0.1, 0.15) is 37.9 Å². The maximum atomic E-state index is 13.9. The second-order valence-electron chi connectivity index (χ2n) is 5.24. The Hall–Kier alpha value is -1.46.